The highest BCUT2D eigenvalue weighted by molar-refractivity contribution is 6.42. The molecule has 180 valence electrons. The summed E-state index contributed by atoms with van der Waals surface area (Å²) in [7, 11) is 0. The fourth-order valence-electron chi connectivity index (χ4n) is 4.23. The van der Waals surface area contributed by atoms with E-state index < -0.39 is 11.9 Å². The van der Waals surface area contributed by atoms with Gasteiger partial charge in [0.1, 0.15) is 6.29 Å². The van der Waals surface area contributed by atoms with Gasteiger partial charge in [-0.2, -0.15) is 5.26 Å². The fourth-order valence-corrected chi connectivity index (χ4v) is 4.54. The molecule has 1 amide bonds. The Balaban J connectivity index is 2.12. The number of carbonyl (C=O) groups excluding carboxylic acids is 2. The number of hydrogen-bond acceptors (Lipinski definition) is 4. The van der Waals surface area contributed by atoms with Gasteiger partial charge >= 0.3 is 5.97 Å². The third kappa shape index (κ3) is 6.00. The molecule has 1 atom stereocenters. The van der Waals surface area contributed by atoms with E-state index in [4.69, 9.17) is 23.2 Å². The minimum atomic E-state index is -1.05. The van der Waals surface area contributed by atoms with Crippen molar-refractivity contribution in [2.75, 3.05) is 13.1 Å². The zero-order valence-electron chi connectivity index (χ0n) is 19.1. The molecule has 3 aromatic rings. The van der Waals surface area contributed by atoms with Crippen molar-refractivity contribution in [3.63, 3.8) is 0 Å². The van der Waals surface area contributed by atoms with Gasteiger partial charge in [-0.15, -0.1) is 0 Å². The topological polar surface area (TPSA) is 98.5 Å². The van der Waals surface area contributed by atoms with Crippen LogP contribution in [0.5, 0.6) is 0 Å². The van der Waals surface area contributed by atoms with Gasteiger partial charge in [-0.1, -0.05) is 60.5 Å². The Labute approximate surface area is 213 Å². The number of halogens is 2. The molecule has 0 aliphatic heterocycles. The Morgan fingerprint density at radius 3 is 2.51 bits per heavy atom. The van der Waals surface area contributed by atoms with Crippen LogP contribution in [0.15, 0.2) is 48.5 Å². The van der Waals surface area contributed by atoms with Crippen LogP contribution in [-0.2, 0) is 16.0 Å². The maximum atomic E-state index is 14.0. The van der Waals surface area contributed by atoms with Crippen molar-refractivity contribution < 1.29 is 19.5 Å². The van der Waals surface area contributed by atoms with E-state index in [2.05, 4.69) is 6.07 Å². The number of carboxylic acid groups (broad SMARTS) is 1. The number of hydrogen-bond donors (Lipinski definition) is 1. The number of carboxylic acids is 1. The molecule has 0 aliphatic rings. The lowest BCUT2D eigenvalue weighted by Crippen LogP contribution is -2.37. The minimum Gasteiger partial charge on any atom is -0.481 e. The second-order valence-electron chi connectivity index (χ2n) is 8.13. The standard InChI is InChI=1S/C27H24Cl2N2O4/c1-2-21-20(15-30)13-18-5-3-4-6-22(18)26(21)27(35)31(11-9-25(33)34)16-19(10-12-32)17-7-8-23(28)24(29)14-17/h3-8,12-14,19H,2,9-11,16H2,1H3,(H,33,34). The number of benzene rings is 3. The van der Waals surface area contributed by atoms with Crippen LogP contribution >= 0.6 is 23.2 Å². The molecule has 0 spiro atoms. The van der Waals surface area contributed by atoms with Crippen LogP contribution in [-0.4, -0.2) is 41.3 Å². The maximum absolute atomic E-state index is 14.0. The van der Waals surface area contributed by atoms with E-state index >= 15 is 0 Å². The van der Waals surface area contributed by atoms with Gasteiger partial charge in [0.25, 0.3) is 5.91 Å². The van der Waals surface area contributed by atoms with Crippen molar-refractivity contribution in [2.45, 2.75) is 32.1 Å². The molecule has 0 bridgehead atoms. The molecule has 0 saturated heterocycles. The van der Waals surface area contributed by atoms with Crippen LogP contribution in [0.25, 0.3) is 10.8 Å². The van der Waals surface area contributed by atoms with Gasteiger partial charge in [-0.05, 0) is 46.5 Å². The summed E-state index contributed by atoms with van der Waals surface area (Å²) < 4.78 is 0. The first-order chi connectivity index (χ1) is 16.8. The van der Waals surface area contributed by atoms with E-state index in [1.165, 1.54) is 4.90 Å². The predicted molar refractivity (Wildman–Crippen MR) is 136 cm³/mol. The first-order valence-electron chi connectivity index (χ1n) is 11.1. The maximum Gasteiger partial charge on any atom is 0.305 e. The lowest BCUT2D eigenvalue weighted by Gasteiger charge is -2.28. The van der Waals surface area contributed by atoms with Gasteiger partial charge in [-0.25, -0.2) is 0 Å². The van der Waals surface area contributed by atoms with Crippen LogP contribution in [0.1, 0.15) is 52.7 Å². The Bertz CT molecular complexity index is 1320. The highest BCUT2D eigenvalue weighted by Gasteiger charge is 2.27. The highest BCUT2D eigenvalue weighted by atomic mass is 35.5. The number of amides is 1. The van der Waals surface area contributed by atoms with Crippen LogP contribution in [0.3, 0.4) is 0 Å². The number of rotatable bonds is 10. The van der Waals surface area contributed by atoms with Gasteiger partial charge in [0, 0.05) is 25.4 Å². The van der Waals surface area contributed by atoms with Crippen molar-refractivity contribution in [3.8, 4) is 6.07 Å². The number of nitrogens with zero attached hydrogens (tertiary/aromatic N) is 2. The fraction of sp³-hybridized carbons (Fsp3) is 0.259. The summed E-state index contributed by atoms with van der Waals surface area (Å²) in [6.45, 7) is 1.91. The highest BCUT2D eigenvalue weighted by Crippen LogP contribution is 2.31. The largest absolute Gasteiger partial charge is 0.481 e. The predicted octanol–water partition coefficient (Wildman–Crippen LogP) is 5.87. The summed E-state index contributed by atoms with van der Waals surface area (Å²) in [4.78, 5) is 38.3. The lowest BCUT2D eigenvalue weighted by molar-refractivity contribution is -0.137. The van der Waals surface area contributed by atoms with Crippen molar-refractivity contribution in [1.29, 1.82) is 5.26 Å². The zero-order valence-corrected chi connectivity index (χ0v) is 20.6. The van der Waals surface area contributed by atoms with Gasteiger partial charge in [0.2, 0.25) is 0 Å². The normalized spacial score (nSPS) is 11.6. The lowest BCUT2D eigenvalue weighted by atomic mass is 9.91. The molecule has 0 aromatic heterocycles. The molecule has 0 fully saturated rings. The summed E-state index contributed by atoms with van der Waals surface area (Å²) in [6, 6.07) is 16.3. The summed E-state index contributed by atoms with van der Waals surface area (Å²) in [6.07, 6.45) is 1.05. The zero-order chi connectivity index (χ0) is 25.5. The van der Waals surface area contributed by atoms with Gasteiger partial charge < -0.3 is 14.8 Å². The monoisotopic (exact) mass is 510 g/mol. The second-order valence-corrected chi connectivity index (χ2v) is 8.95. The molecule has 1 N–H and O–H groups in total. The van der Waals surface area contributed by atoms with Gasteiger partial charge in [-0.3, -0.25) is 9.59 Å². The van der Waals surface area contributed by atoms with Crippen LogP contribution in [0.4, 0.5) is 0 Å². The molecule has 3 aromatic carbocycles. The van der Waals surface area contributed by atoms with Gasteiger partial charge in [0.15, 0.2) is 0 Å². The van der Waals surface area contributed by atoms with Crippen molar-refractivity contribution in [2.24, 2.45) is 0 Å². The van der Waals surface area contributed by atoms with Crippen molar-refractivity contribution in [1.82, 2.24) is 4.90 Å². The summed E-state index contributed by atoms with van der Waals surface area (Å²) >= 11 is 12.2. The Morgan fingerprint density at radius 1 is 1.14 bits per heavy atom. The van der Waals surface area contributed by atoms with Crippen LogP contribution in [0, 0.1) is 11.3 Å². The molecule has 0 radical (unpaired) electrons. The average Bonchev–Trinajstić information content (AvgIpc) is 2.85. The average molecular weight is 511 g/mol. The first-order valence-corrected chi connectivity index (χ1v) is 11.9. The minimum absolute atomic E-state index is 0.0564. The van der Waals surface area contributed by atoms with Crippen LogP contribution < -0.4 is 0 Å². The number of nitriles is 1. The molecular formula is C27H24Cl2N2O4. The molecular weight excluding hydrogens is 487 g/mol. The Hall–Kier alpha value is -3.40. The quantitative estimate of drug-likeness (QED) is 0.343. The van der Waals surface area contributed by atoms with E-state index in [9.17, 15) is 24.8 Å². The Kier molecular flexibility index (Phi) is 8.86. The summed E-state index contributed by atoms with van der Waals surface area (Å²) in [5.74, 6) is -1.85. The number of carbonyl (C=O) groups is 3. The molecule has 0 heterocycles. The van der Waals surface area contributed by atoms with Crippen molar-refractivity contribution >= 4 is 52.1 Å². The Morgan fingerprint density at radius 2 is 1.89 bits per heavy atom. The molecule has 35 heavy (non-hydrogen) atoms. The third-order valence-electron chi connectivity index (χ3n) is 5.96. The number of aldehydes is 1. The molecule has 8 heteroatoms. The van der Waals surface area contributed by atoms with E-state index in [1.54, 1.807) is 24.3 Å². The number of fused-ring (bicyclic) bond motifs is 1. The SMILES string of the molecule is CCc1c(C#N)cc2ccccc2c1C(=O)N(CCC(=O)O)CC(CC=O)c1ccc(Cl)c(Cl)c1. The van der Waals surface area contributed by atoms with E-state index in [0.29, 0.717) is 44.1 Å². The second kappa shape index (κ2) is 11.8. The van der Waals surface area contributed by atoms with Crippen LogP contribution in [0.2, 0.25) is 10.0 Å². The molecule has 0 saturated carbocycles. The molecule has 1 unspecified atom stereocenters. The summed E-state index contributed by atoms with van der Waals surface area (Å²) in [5, 5.41) is 21.2. The molecule has 3 rings (SSSR count). The first kappa shape index (κ1) is 26.2. The molecule has 6 nitrogen and oxygen atoms in total. The number of aliphatic carboxylic acids is 1. The van der Waals surface area contributed by atoms with E-state index in [0.717, 1.165) is 11.7 Å². The van der Waals surface area contributed by atoms with E-state index in [-0.39, 0.29) is 31.8 Å². The van der Waals surface area contributed by atoms with Gasteiger partial charge in [0.05, 0.1) is 33.7 Å². The van der Waals surface area contributed by atoms with E-state index in [1.807, 2.05) is 31.2 Å². The molecule has 0 aliphatic carbocycles. The van der Waals surface area contributed by atoms with Crippen molar-refractivity contribution in [3.05, 3.63) is 80.8 Å². The summed E-state index contributed by atoms with van der Waals surface area (Å²) in [5.41, 5.74) is 2.11. The smallest absolute Gasteiger partial charge is 0.305 e. The third-order valence-corrected chi connectivity index (χ3v) is 6.70.